The van der Waals surface area contributed by atoms with Crippen molar-refractivity contribution in [2.75, 3.05) is 13.2 Å². The highest BCUT2D eigenvalue weighted by molar-refractivity contribution is 5.71. The minimum absolute atomic E-state index is 0.0823. The molecule has 0 saturated carbocycles. The Bertz CT molecular complexity index is 1250. The van der Waals surface area contributed by atoms with Crippen LogP contribution in [0.15, 0.2) is 60.8 Å². The molecule has 0 rings (SSSR count). The normalized spacial score (nSPS) is 12.4. The van der Waals surface area contributed by atoms with Gasteiger partial charge in [0.25, 0.3) is 0 Å². The van der Waals surface area contributed by atoms with E-state index in [1.807, 2.05) is 0 Å². The predicted octanol–water partition coefficient (Wildman–Crippen LogP) is 20.0. The Morgan fingerprint density at radius 3 is 0.913 bits per heavy atom. The van der Waals surface area contributed by atoms with Crippen LogP contribution in [0.1, 0.15) is 303 Å². The van der Waals surface area contributed by atoms with Gasteiger partial charge in [0.05, 0.1) is 0 Å². The zero-order valence-electron chi connectivity index (χ0n) is 45.8. The van der Waals surface area contributed by atoms with Gasteiger partial charge in [-0.15, -0.1) is 0 Å². The molecule has 0 aliphatic carbocycles. The van der Waals surface area contributed by atoms with Gasteiger partial charge in [-0.05, 0) is 103 Å². The van der Waals surface area contributed by atoms with Crippen molar-refractivity contribution in [3.05, 3.63) is 60.8 Å². The van der Waals surface area contributed by atoms with Crippen LogP contribution in [0.25, 0.3) is 0 Å². The van der Waals surface area contributed by atoms with Crippen LogP contribution >= 0.6 is 0 Å². The second-order valence-corrected chi connectivity index (χ2v) is 19.9. The van der Waals surface area contributed by atoms with Gasteiger partial charge in [0.2, 0.25) is 0 Å². The van der Waals surface area contributed by atoms with Gasteiger partial charge in [0, 0.05) is 19.3 Å². The topological polar surface area (TPSA) is 78.9 Å². The molecule has 1 unspecified atom stereocenters. The molecule has 400 valence electrons. The summed E-state index contributed by atoms with van der Waals surface area (Å²) >= 11 is 0. The van der Waals surface area contributed by atoms with Crippen LogP contribution in [0.5, 0.6) is 0 Å². The zero-order chi connectivity index (χ0) is 50.0. The summed E-state index contributed by atoms with van der Waals surface area (Å²) in [6.45, 7) is 6.53. The van der Waals surface area contributed by atoms with E-state index in [-0.39, 0.29) is 31.1 Å². The van der Waals surface area contributed by atoms with Gasteiger partial charge >= 0.3 is 17.9 Å². The third-order valence-corrected chi connectivity index (χ3v) is 13.0. The molecule has 0 aromatic heterocycles. The molecular formula is C63H112O6. The summed E-state index contributed by atoms with van der Waals surface area (Å²) in [7, 11) is 0. The Morgan fingerprint density at radius 1 is 0.304 bits per heavy atom. The highest BCUT2D eigenvalue weighted by Gasteiger charge is 2.19. The smallest absolute Gasteiger partial charge is 0.306 e. The van der Waals surface area contributed by atoms with Crippen molar-refractivity contribution in [1.29, 1.82) is 0 Å². The molecule has 0 heterocycles. The van der Waals surface area contributed by atoms with Crippen LogP contribution in [0.4, 0.5) is 0 Å². The van der Waals surface area contributed by atoms with Gasteiger partial charge in [-0.1, -0.05) is 242 Å². The minimum atomic E-state index is -0.785. The van der Waals surface area contributed by atoms with Crippen molar-refractivity contribution >= 4 is 17.9 Å². The minimum Gasteiger partial charge on any atom is -0.462 e. The molecular weight excluding hydrogens is 853 g/mol. The molecule has 69 heavy (non-hydrogen) atoms. The summed E-state index contributed by atoms with van der Waals surface area (Å²) < 4.78 is 16.9. The standard InChI is InChI=1S/C63H112O6/c1-4-7-10-13-16-19-22-25-27-29-31-33-35-38-41-44-47-50-53-56-62(65)68-59-60(58-67-61(64)55-52-49-46-43-40-37-24-21-18-15-12-9-6-3)69-63(66)57-54-51-48-45-42-39-36-34-32-30-28-26-23-20-17-14-11-8-5-2/h7,10,16,19,25,27,30,32,37,40,60H,4-6,8-9,11-15,17-18,20-24,26,28-29,31,33-36,38-39,41-59H2,1-3H3/b10-7-,19-16-,27-25-,32-30-,40-37-. The number of hydrogen-bond donors (Lipinski definition) is 0. The van der Waals surface area contributed by atoms with Crippen LogP contribution in [0.2, 0.25) is 0 Å². The Kier molecular flexibility index (Phi) is 55.3. The average molecular weight is 966 g/mol. The Hall–Kier alpha value is -2.89. The van der Waals surface area contributed by atoms with E-state index in [2.05, 4.69) is 81.5 Å². The van der Waals surface area contributed by atoms with E-state index in [0.29, 0.717) is 19.3 Å². The molecule has 0 saturated heterocycles. The monoisotopic (exact) mass is 965 g/mol. The second-order valence-electron chi connectivity index (χ2n) is 19.9. The number of esters is 3. The highest BCUT2D eigenvalue weighted by atomic mass is 16.6. The van der Waals surface area contributed by atoms with Gasteiger partial charge < -0.3 is 14.2 Å². The summed E-state index contributed by atoms with van der Waals surface area (Å²) in [4.78, 5) is 38.2. The number of unbranched alkanes of at least 4 members (excludes halogenated alkanes) is 33. The van der Waals surface area contributed by atoms with Crippen molar-refractivity contribution in [1.82, 2.24) is 0 Å². The van der Waals surface area contributed by atoms with Crippen LogP contribution in [-0.2, 0) is 28.6 Å². The number of carbonyl (C=O) groups excluding carboxylic acids is 3. The van der Waals surface area contributed by atoms with Crippen molar-refractivity contribution in [3.8, 4) is 0 Å². The van der Waals surface area contributed by atoms with Crippen LogP contribution in [-0.4, -0.2) is 37.2 Å². The lowest BCUT2D eigenvalue weighted by Gasteiger charge is -2.18. The lowest BCUT2D eigenvalue weighted by Crippen LogP contribution is -2.30. The Labute approximate surface area is 428 Å². The largest absolute Gasteiger partial charge is 0.462 e. The van der Waals surface area contributed by atoms with E-state index in [1.54, 1.807) is 0 Å². The van der Waals surface area contributed by atoms with Gasteiger partial charge in [-0.2, -0.15) is 0 Å². The molecule has 1 atom stereocenters. The van der Waals surface area contributed by atoms with E-state index in [1.165, 1.54) is 173 Å². The molecule has 6 nitrogen and oxygen atoms in total. The number of carbonyl (C=O) groups is 3. The van der Waals surface area contributed by atoms with Gasteiger partial charge in [-0.3, -0.25) is 14.4 Å². The van der Waals surface area contributed by atoms with Crippen molar-refractivity contribution in [2.24, 2.45) is 0 Å². The van der Waals surface area contributed by atoms with E-state index in [0.717, 1.165) is 89.9 Å². The van der Waals surface area contributed by atoms with Crippen molar-refractivity contribution < 1.29 is 28.6 Å². The lowest BCUT2D eigenvalue weighted by atomic mass is 10.1. The molecule has 0 aliphatic heterocycles. The third kappa shape index (κ3) is 55.9. The SMILES string of the molecule is CC/C=C\C/C=C\C/C=C\CCCCCCCCCCCC(=O)OCC(COC(=O)CCCCC/C=C\CCCCCCCC)OC(=O)CCCCCCCCC/C=C\CCCCCCCCCC. The van der Waals surface area contributed by atoms with E-state index in [9.17, 15) is 14.4 Å². The van der Waals surface area contributed by atoms with Gasteiger partial charge in [0.1, 0.15) is 13.2 Å². The first-order chi connectivity index (χ1) is 34.0. The van der Waals surface area contributed by atoms with Gasteiger partial charge in [0.15, 0.2) is 6.10 Å². The fourth-order valence-electron chi connectivity index (χ4n) is 8.51. The first kappa shape index (κ1) is 66.1. The van der Waals surface area contributed by atoms with Crippen molar-refractivity contribution in [3.63, 3.8) is 0 Å². The maximum atomic E-state index is 12.9. The maximum Gasteiger partial charge on any atom is 0.306 e. The molecule has 0 aromatic rings. The Morgan fingerprint density at radius 2 is 0.565 bits per heavy atom. The Balaban J connectivity index is 4.36. The molecule has 0 radical (unpaired) electrons. The number of allylic oxidation sites excluding steroid dienone is 10. The average Bonchev–Trinajstić information content (AvgIpc) is 3.35. The van der Waals surface area contributed by atoms with Crippen LogP contribution < -0.4 is 0 Å². The molecule has 0 aromatic carbocycles. The number of ether oxygens (including phenoxy) is 3. The van der Waals surface area contributed by atoms with Crippen LogP contribution in [0, 0.1) is 0 Å². The second kappa shape index (κ2) is 57.7. The van der Waals surface area contributed by atoms with E-state index >= 15 is 0 Å². The first-order valence-corrected chi connectivity index (χ1v) is 29.8. The fourth-order valence-corrected chi connectivity index (χ4v) is 8.51. The first-order valence-electron chi connectivity index (χ1n) is 29.8. The summed E-state index contributed by atoms with van der Waals surface area (Å²) in [5.74, 6) is -0.896. The maximum absolute atomic E-state index is 12.9. The molecule has 0 aliphatic rings. The molecule has 0 bridgehead atoms. The quantitative estimate of drug-likeness (QED) is 0.0262. The van der Waals surface area contributed by atoms with Crippen molar-refractivity contribution in [2.45, 2.75) is 309 Å². The van der Waals surface area contributed by atoms with E-state index < -0.39 is 6.10 Å². The number of rotatable bonds is 54. The molecule has 0 amide bonds. The number of hydrogen-bond acceptors (Lipinski definition) is 6. The molecule has 0 N–H and O–H groups in total. The molecule has 0 fully saturated rings. The summed E-state index contributed by atoms with van der Waals surface area (Å²) in [5, 5.41) is 0. The highest BCUT2D eigenvalue weighted by Crippen LogP contribution is 2.16. The molecule has 0 spiro atoms. The van der Waals surface area contributed by atoms with Crippen LogP contribution in [0.3, 0.4) is 0 Å². The van der Waals surface area contributed by atoms with E-state index in [4.69, 9.17) is 14.2 Å². The predicted molar refractivity (Wildman–Crippen MR) is 298 cm³/mol. The molecule has 6 heteroatoms. The summed E-state index contributed by atoms with van der Waals surface area (Å²) in [6.07, 6.45) is 72.1. The summed E-state index contributed by atoms with van der Waals surface area (Å²) in [6, 6.07) is 0. The fraction of sp³-hybridized carbons (Fsp3) is 0.794. The summed E-state index contributed by atoms with van der Waals surface area (Å²) in [5.41, 5.74) is 0. The zero-order valence-corrected chi connectivity index (χ0v) is 45.8. The lowest BCUT2D eigenvalue weighted by molar-refractivity contribution is -0.167. The third-order valence-electron chi connectivity index (χ3n) is 13.0. The van der Waals surface area contributed by atoms with Gasteiger partial charge in [-0.25, -0.2) is 0 Å².